The van der Waals surface area contributed by atoms with Crippen LogP contribution in [0.3, 0.4) is 0 Å². The number of hydrogen-bond donors (Lipinski definition) is 1. The topological polar surface area (TPSA) is 47.6 Å². The molecule has 23 heavy (non-hydrogen) atoms. The largest absolute Gasteiger partial charge is 0.513 e. The van der Waals surface area contributed by atoms with Gasteiger partial charge < -0.3 is 9.05 Å². The lowest BCUT2D eigenvalue weighted by atomic mass is 10.1. The molecule has 0 aliphatic rings. The molecule has 0 unspecified atom stereocenters. The minimum Gasteiger partial charge on any atom is -0.404 e. The van der Waals surface area contributed by atoms with Crippen LogP contribution < -0.4 is 14.1 Å². The van der Waals surface area contributed by atoms with Gasteiger partial charge in [0.2, 0.25) is 0 Å². The number of benzene rings is 2. The zero-order valence-electron chi connectivity index (χ0n) is 14.3. The molecule has 0 atom stereocenters. The first-order valence-corrected chi connectivity index (χ1v) is 9.13. The third kappa shape index (κ3) is 5.12. The highest BCUT2D eigenvalue weighted by molar-refractivity contribution is 7.52. The molecule has 0 spiro atoms. The van der Waals surface area contributed by atoms with Crippen LogP contribution in [0.5, 0.6) is 11.5 Å². The highest BCUT2D eigenvalue weighted by Gasteiger charge is 2.34. The molecule has 4 nitrogen and oxygen atoms in total. The van der Waals surface area contributed by atoms with Gasteiger partial charge in [-0.25, -0.2) is 4.57 Å². The molecular formula is C18H24NO3P. The van der Waals surface area contributed by atoms with Crippen LogP contribution >= 0.6 is 7.75 Å². The maximum absolute atomic E-state index is 13.3. The molecule has 0 bridgehead atoms. The Morgan fingerprint density at radius 3 is 1.57 bits per heavy atom. The van der Waals surface area contributed by atoms with Crippen LogP contribution in [-0.4, -0.2) is 5.54 Å². The Kier molecular flexibility index (Phi) is 5.18. The van der Waals surface area contributed by atoms with Gasteiger partial charge in [0.1, 0.15) is 11.5 Å². The minimum absolute atomic E-state index is 0.430. The van der Waals surface area contributed by atoms with E-state index in [1.54, 1.807) is 12.1 Å². The molecule has 124 valence electrons. The molecule has 0 radical (unpaired) electrons. The molecule has 5 heteroatoms. The van der Waals surface area contributed by atoms with Crippen molar-refractivity contribution in [1.82, 2.24) is 5.09 Å². The number of aryl methyl sites for hydroxylation is 2. The predicted octanol–water partition coefficient (Wildman–Crippen LogP) is 5.26. The monoisotopic (exact) mass is 333 g/mol. The van der Waals surface area contributed by atoms with Crippen molar-refractivity contribution in [3.63, 3.8) is 0 Å². The number of nitrogens with one attached hydrogen (secondary N) is 1. The summed E-state index contributed by atoms with van der Waals surface area (Å²) in [7, 11) is -3.59. The molecule has 2 aromatic rings. The SMILES string of the molecule is Cc1ccccc1OP(=O)(NC(C)(C)C)Oc1ccccc1C. The molecule has 0 saturated carbocycles. The summed E-state index contributed by atoms with van der Waals surface area (Å²) in [5.74, 6) is 1.09. The lowest BCUT2D eigenvalue weighted by Crippen LogP contribution is -2.36. The van der Waals surface area contributed by atoms with Crippen molar-refractivity contribution in [3.8, 4) is 11.5 Å². The van der Waals surface area contributed by atoms with Crippen LogP contribution in [0.1, 0.15) is 31.9 Å². The summed E-state index contributed by atoms with van der Waals surface area (Å²) >= 11 is 0. The molecule has 0 aliphatic heterocycles. The lowest BCUT2D eigenvalue weighted by molar-refractivity contribution is 0.343. The Balaban J connectivity index is 2.35. The van der Waals surface area contributed by atoms with Gasteiger partial charge in [-0.05, 0) is 57.9 Å². The van der Waals surface area contributed by atoms with Crippen LogP contribution in [0.15, 0.2) is 48.5 Å². The second kappa shape index (κ2) is 6.77. The van der Waals surface area contributed by atoms with E-state index in [9.17, 15) is 4.57 Å². The Morgan fingerprint density at radius 1 is 0.826 bits per heavy atom. The van der Waals surface area contributed by atoms with E-state index in [0.29, 0.717) is 11.5 Å². The van der Waals surface area contributed by atoms with Crippen LogP contribution in [0.2, 0.25) is 0 Å². The Morgan fingerprint density at radius 2 is 1.22 bits per heavy atom. The van der Waals surface area contributed by atoms with Crippen LogP contribution in [0, 0.1) is 13.8 Å². The fourth-order valence-corrected chi connectivity index (χ4v) is 3.93. The maximum Gasteiger partial charge on any atom is 0.513 e. The Hall–Kier alpha value is -1.77. The van der Waals surface area contributed by atoms with Crippen molar-refractivity contribution < 1.29 is 13.6 Å². The zero-order chi connectivity index (χ0) is 17.1. The fourth-order valence-electron chi connectivity index (χ4n) is 2.05. The standard InChI is InChI=1S/C18H24NO3P/c1-14-10-6-8-12-16(14)21-23(20,19-18(3,4)5)22-17-13-9-7-11-15(17)2/h6-13H,1-5H3,(H,19,20). The second-order valence-electron chi connectivity index (χ2n) is 6.57. The molecule has 1 N–H and O–H groups in total. The van der Waals surface area contributed by atoms with E-state index in [0.717, 1.165) is 11.1 Å². The van der Waals surface area contributed by atoms with E-state index >= 15 is 0 Å². The van der Waals surface area contributed by atoms with Gasteiger partial charge in [-0.2, -0.15) is 5.09 Å². The minimum atomic E-state index is -3.59. The van der Waals surface area contributed by atoms with Crippen LogP contribution in [0.25, 0.3) is 0 Å². The quantitative estimate of drug-likeness (QED) is 0.759. The molecular weight excluding hydrogens is 309 g/mol. The predicted molar refractivity (Wildman–Crippen MR) is 94.1 cm³/mol. The molecule has 2 rings (SSSR count). The highest BCUT2D eigenvalue weighted by atomic mass is 31.2. The van der Waals surface area contributed by atoms with E-state index in [1.807, 2.05) is 71.0 Å². The average molecular weight is 333 g/mol. The second-order valence-corrected chi connectivity index (χ2v) is 8.16. The first kappa shape index (κ1) is 17.6. The summed E-state index contributed by atoms with van der Waals surface area (Å²) in [5, 5.41) is 3.00. The Bertz CT molecular complexity index is 671. The van der Waals surface area contributed by atoms with E-state index in [1.165, 1.54) is 0 Å². The van der Waals surface area contributed by atoms with Crippen molar-refractivity contribution >= 4 is 7.75 Å². The van der Waals surface area contributed by atoms with Gasteiger partial charge in [-0.15, -0.1) is 0 Å². The average Bonchev–Trinajstić information content (AvgIpc) is 2.42. The number of rotatable bonds is 5. The van der Waals surface area contributed by atoms with E-state index in [4.69, 9.17) is 9.05 Å². The van der Waals surface area contributed by atoms with Crippen molar-refractivity contribution in [2.24, 2.45) is 0 Å². The van der Waals surface area contributed by atoms with Crippen molar-refractivity contribution in [2.45, 2.75) is 40.2 Å². The van der Waals surface area contributed by atoms with Crippen molar-refractivity contribution in [1.29, 1.82) is 0 Å². The zero-order valence-corrected chi connectivity index (χ0v) is 15.2. The van der Waals surface area contributed by atoms with Gasteiger partial charge >= 0.3 is 7.75 Å². The van der Waals surface area contributed by atoms with Gasteiger partial charge in [0.25, 0.3) is 0 Å². The number of hydrogen-bond acceptors (Lipinski definition) is 3. The molecule has 0 aliphatic carbocycles. The van der Waals surface area contributed by atoms with Crippen LogP contribution in [-0.2, 0) is 4.57 Å². The molecule has 2 aromatic carbocycles. The maximum atomic E-state index is 13.3. The van der Waals surface area contributed by atoms with Gasteiger partial charge in [0, 0.05) is 5.54 Å². The number of para-hydroxylation sites is 2. The Labute approximate surface area is 138 Å². The van der Waals surface area contributed by atoms with E-state index < -0.39 is 13.3 Å². The van der Waals surface area contributed by atoms with Gasteiger partial charge in [0.05, 0.1) is 0 Å². The van der Waals surface area contributed by atoms with Crippen LogP contribution in [0.4, 0.5) is 0 Å². The van der Waals surface area contributed by atoms with Crippen molar-refractivity contribution in [3.05, 3.63) is 59.7 Å². The molecule has 0 amide bonds. The van der Waals surface area contributed by atoms with Gasteiger partial charge in [0.15, 0.2) is 0 Å². The molecule has 0 fully saturated rings. The molecule has 0 aromatic heterocycles. The normalized spacial score (nSPS) is 12.0. The smallest absolute Gasteiger partial charge is 0.404 e. The first-order valence-electron chi connectivity index (χ1n) is 7.58. The summed E-state index contributed by atoms with van der Waals surface area (Å²) in [6.07, 6.45) is 0. The van der Waals surface area contributed by atoms with Gasteiger partial charge in [-0.3, -0.25) is 0 Å². The van der Waals surface area contributed by atoms with Crippen molar-refractivity contribution in [2.75, 3.05) is 0 Å². The van der Waals surface area contributed by atoms with E-state index in [2.05, 4.69) is 5.09 Å². The summed E-state index contributed by atoms with van der Waals surface area (Å²) in [6.45, 7) is 9.57. The van der Waals surface area contributed by atoms with Gasteiger partial charge in [-0.1, -0.05) is 36.4 Å². The first-order chi connectivity index (χ1) is 10.7. The highest BCUT2D eigenvalue weighted by Crippen LogP contribution is 2.47. The summed E-state index contributed by atoms with van der Waals surface area (Å²) in [5.41, 5.74) is 1.37. The third-order valence-electron chi connectivity index (χ3n) is 3.10. The summed E-state index contributed by atoms with van der Waals surface area (Å²) in [6, 6.07) is 14.9. The fraction of sp³-hybridized carbons (Fsp3) is 0.333. The molecule has 0 saturated heterocycles. The summed E-state index contributed by atoms with van der Waals surface area (Å²) in [4.78, 5) is 0. The summed E-state index contributed by atoms with van der Waals surface area (Å²) < 4.78 is 24.9. The third-order valence-corrected chi connectivity index (χ3v) is 4.92. The lowest BCUT2D eigenvalue weighted by Gasteiger charge is -2.28. The van der Waals surface area contributed by atoms with E-state index in [-0.39, 0.29) is 0 Å². The molecule has 0 heterocycles.